The van der Waals surface area contributed by atoms with Crippen molar-refractivity contribution in [1.82, 2.24) is 10.2 Å². The summed E-state index contributed by atoms with van der Waals surface area (Å²) in [4.78, 5) is 2.55. The van der Waals surface area contributed by atoms with E-state index in [1.54, 1.807) is 0 Å². The highest BCUT2D eigenvalue weighted by molar-refractivity contribution is 4.74. The molecule has 1 aliphatic rings. The maximum Gasteiger partial charge on any atom is 0.00664 e. The van der Waals surface area contributed by atoms with E-state index in [-0.39, 0.29) is 0 Å². The SMILES string of the molecule is CC(C)CC(C)N(C)CC1CCNCC1. The lowest BCUT2D eigenvalue weighted by molar-refractivity contribution is 0.178. The predicted molar refractivity (Wildman–Crippen MR) is 67.1 cm³/mol. The van der Waals surface area contributed by atoms with Crippen molar-refractivity contribution in [3.63, 3.8) is 0 Å². The van der Waals surface area contributed by atoms with Crippen molar-refractivity contribution >= 4 is 0 Å². The lowest BCUT2D eigenvalue weighted by Gasteiger charge is -2.32. The van der Waals surface area contributed by atoms with Crippen LogP contribution in [0.15, 0.2) is 0 Å². The fourth-order valence-corrected chi connectivity index (χ4v) is 2.51. The van der Waals surface area contributed by atoms with E-state index >= 15 is 0 Å². The normalized spacial score (nSPS) is 21.2. The van der Waals surface area contributed by atoms with Crippen LogP contribution in [-0.2, 0) is 0 Å². The molecule has 2 nitrogen and oxygen atoms in total. The molecule has 0 aromatic heterocycles. The zero-order valence-corrected chi connectivity index (χ0v) is 10.9. The van der Waals surface area contributed by atoms with Gasteiger partial charge in [-0.15, -0.1) is 0 Å². The molecule has 0 bridgehead atoms. The van der Waals surface area contributed by atoms with Crippen LogP contribution in [0.25, 0.3) is 0 Å². The van der Waals surface area contributed by atoms with Crippen LogP contribution in [0.1, 0.15) is 40.0 Å². The third-order valence-corrected chi connectivity index (χ3v) is 3.57. The molecule has 90 valence electrons. The predicted octanol–water partition coefficient (Wildman–Crippen LogP) is 2.35. The number of rotatable bonds is 5. The fraction of sp³-hybridized carbons (Fsp3) is 1.00. The minimum Gasteiger partial charge on any atom is -0.317 e. The summed E-state index contributed by atoms with van der Waals surface area (Å²) in [5, 5.41) is 3.43. The number of hydrogen-bond donors (Lipinski definition) is 1. The van der Waals surface area contributed by atoms with Crippen LogP contribution in [0.2, 0.25) is 0 Å². The Balaban J connectivity index is 2.23. The topological polar surface area (TPSA) is 15.3 Å². The molecule has 1 fully saturated rings. The molecule has 0 radical (unpaired) electrons. The van der Waals surface area contributed by atoms with Crippen LogP contribution in [0.3, 0.4) is 0 Å². The molecular weight excluding hydrogens is 184 g/mol. The van der Waals surface area contributed by atoms with Gasteiger partial charge in [-0.05, 0) is 58.2 Å². The van der Waals surface area contributed by atoms with E-state index < -0.39 is 0 Å². The minimum atomic E-state index is 0.736. The van der Waals surface area contributed by atoms with Crippen molar-refractivity contribution in [2.45, 2.75) is 46.1 Å². The molecule has 2 heteroatoms. The second-order valence-electron chi connectivity index (χ2n) is 5.61. The molecule has 1 atom stereocenters. The van der Waals surface area contributed by atoms with Gasteiger partial charge in [0.15, 0.2) is 0 Å². The lowest BCUT2D eigenvalue weighted by atomic mass is 9.96. The highest BCUT2D eigenvalue weighted by Gasteiger charge is 2.18. The first-order valence-corrected chi connectivity index (χ1v) is 6.50. The van der Waals surface area contributed by atoms with E-state index in [9.17, 15) is 0 Å². The van der Waals surface area contributed by atoms with E-state index in [1.165, 1.54) is 38.9 Å². The largest absolute Gasteiger partial charge is 0.317 e. The van der Waals surface area contributed by atoms with E-state index in [0.29, 0.717) is 0 Å². The molecule has 1 N–H and O–H groups in total. The minimum absolute atomic E-state index is 0.736. The molecule has 0 amide bonds. The number of hydrogen-bond acceptors (Lipinski definition) is 2. The van der Waals surface area contributed by atoms with Crippen molar-refractivity contribution in [3.05, 3.63) is 0 Å². The van der Waals surface area contributed by atoms with Gasteiger partial charge < -0.3 is 10.2 Å². The Bertz CT molecular complexity index is 162. The first-order valence-electron chi connectivity index (χ1n) is 6.50. The molecule has 1 aliphatic heterocycles. The number of nitrogens with zero attached hydrogens (tertiary/aromatic N) is 1. The van der Waals surface area contributed by atoms with Crippen molar-refractivity contribution in [3.8, 4) is 0 Å². The maximum atomic E-state index is 3.43. The maximum absolute atomic E-state index is 3.43. The summed E-state index contributed by atoms with van der Waals surface area (Å²) in [5.41, 5.74) is 0. The van der Waals surface area contributed by atoms with Crippen LogP contribution in [-0.4, -0.2) is 37.6 Å². The van der Waals surface area contributed by atoms with Gasteiger partial charge in [0.25, 0.3) is 0 Å². The Labute approximate surface area is 95.4 Å². The molecular formula is C13H28N2. The molecule has 0 aromatic carbocycles. The van der Waals surface area contributed by atoms with E-state index in [2.05, 4.69) is 38.0 Å². The second-order valence-corrected chi connectivity index (χ2v) is 5.61. The molecule has 0 aliphatic carbocycles. The number of piperidine rings is 1. The molecule has 1 heterocycles. The average molecular weight is 212 g/mol. The summed E-state index contributed by atoms with van der Waals surface area (Å²) < 4.78 is 0. The van der Waals surface area contributed by atoms with E-state index in [0.717, 1.165) is 17.9 Å². The molecule has 15 heavy (non-hydrogen) atoms. The van der Waals surface area contributed by atoms with E-state index in [1.807, 2.05) is 0 Å². The van der Waals surface area contributed by atoms with Gasteiger partial charge in [-0.25, -0.2) is 0 Å². The van der Waals surface area contributed by atoms with Gasteiger partial charge >= 0.3 is 0 Å². The summed E-state index contributed by atoms with van der Waals surface area (Å²) in [6, 6.07) is 0.736. The number of nitrogens with one attached hydrogen (secondary N) is 1. The Hall–Kier alpha value is -0.0800. The molecule has 0 spiro atoms. The summed E-state index contributed by atoms with van der Waals surface area (Å²) in [6.45, 7) is 10.7. The zero-order chi connectivity index (χ0) is 11.3. The first kappa shape index (κ1) is 13.0. The average Bonchev–Trinajstić information content (AvgIpc) is 2.18. The molecule has 1 unspecified atom stereocenters. The zero-order valence-electron chi connectivity index (χ0n) is 10.9. The van der Waals surface area contributed by atoms with Crippen molar-refractivity contribution < 1.29 is 0 Å². The summed E-state index contributed by atoms with van der Waals surface area (Å²) >= 11 is 0. The molecule has 0 saturated carbocycles. The van der Waals surface area contributed by atoms with Gasteiger partial charge in [0.2, 0.25) is 0 Å². The van der Waals surface area contributed by atoms with Crippen molar-refractivity contribution in [2.24, 2.45) is 11.8 Å². The highest BCUT2D eigenvalue weighted by atomic mass is 15.1. The Morgan fingerprint density at radius 2 is 1.80 bits per heavy atom. The van der Waals surface area contributed by atoms with Gasteiger partial charge in [-0.1, -0.05) is 13.8 Å². The fourth-order valence-electron chi connectivity index (χ4n) is 2.51. The quantitative estimate of drug-likeness (QED) is 0.752. The van der Waals surface area contributed by atoms with Crippen LogP contribution >= 0.6 is 0 Å². The Kier molecular flexibility index (Phi) is 5.62. The van der Waals surface area contributed by atoms with Gasteiger partial charge in [0.1, 0.15) is 0 Å². The van der Waals surface area contributed by atoms with Gasteiger partial charge in [-0.3, -0.25) is 0 Å². The van der Waals surface area contributed by atoms with Gasteiger partial charge in [0.05, 0.1) is 0 Å². The van der Waals surface area contributed by atoms with Crippen LogP contribution in [0.5, 0.6) is 0 Å². The lowest BCUT2D eigenvalue weighted by Crippen LogP contribution is -2.38. The Morgan fingerprint density at radius 3 is 2.33 bits per heavy atom. The second kappa shape index (κ2) is 6.49. The standard InChI is InChI=1S/C13H28N2/c1-11(2)9-12(3)15(4)10-13-5-7-14-8-6-13/h11-14H,5-10H2,1-4H3. The van der Waals surface area contributed by atoms with Crippen LogP contribution < -0.4 is 5.32 Å². The third-order valence-electron chi connectivity index (χ3n) is 3.57. The van der Waals surface area contributed by atoms with Crippen LogP contribution in [0.4, 0.5) is 0 Å². The molecule has 1 rings (SSSR count). The smallest absolute Gasteiger partial charge is 0.00664 e. The summed E-state index contributed by atoms with van der Waals surface area (Å²) in [7, 11) is 2.29. The molecule has 0 aromatic rings. The Morgan fingerprint density at radius 1 is 1.20 bits per heavy atom. The molecule has 1 saturated heterocycles. The van der Waals surface area contributed by atoms with Gasteiger partial charge in [0, 0.05) is 12.6 Å². The highest BCUT2D eigenvalue weighted by Crippen LogP contribution is 2.16. The summed E-state index contributed by atoms with van der Waals surface area (Å²) in [5.74, 6) is 1.74. The van der Waals surface area contributed by atoms with Crippen LogP contribution in [0, 0.1) is 11.8 Å². The first-order chi connectivity index (χ1) is 7.09. The monoisotopic (exact) mass is 212 g/mol. The van der Waals surface area contributed by atoms with Gasteiger partial charge in [-0.2, -0.15) is 0 Å². The van der Waals surface area contributed by atoms with Crippen molar-refractivity contribution in [2.75, 3.05) is 26.7 Å². The van der Waals surface area contributed by atoms with E-state index in [4.69, 9.17) is 0 Å². The summed E-state index contributed by atoms with van der Waals surface area (Å²) in [6.07, 6.45) is 4.04. The van der Waals surface area contributed by atoms with Crippen molar-refractivity contribution in [1.29, 1.82) is 0 Å². The third kappa shape index (κ3) is 4.98.